The second kappa shape index (κ2) is 60.8. The van der Waals surface area contributed by atoms with Crippen LogP contribution in [0.15, 0.2) is 0 Å². The summed E-state index contributed by atoms with van der Waals surface area (Å²) in [4.78, 5) is 109. The first-order valence-corrected chi connectivity index (χ1v) is 38.8. The molecule has 0 radical (unpaired) electrons. The molecule has 1 aliphatic rings. The zero-order valence-electron chi connectivity index (χ0n) is 60.8. The number of aliphatic hydroxyl groups is 1. The fourth-order valence-electron chi connectivity index (χ4n) is 12.4. The molecule has 0 aromatic rings. The van der Waals surface area contributed by atoms with E-state index in [2.05, 4.69) is 52.2 Å². The van der Waals surface area contributed by atoms with Crippen molar-refractivity contribution in [1.29, 1.82) is 0 Å². The third-order valence-corrected chi connectivity index (χ3v) is 18.1. The Morgan fingerprint density at radius 2 is 0.779 bits per heavy atom. The molecule has 19 nitrogen and oxygen atoms in total. The zero-order chi connectivity index (χ0) is 69.8. The van der Waals surface area contributed by atoms with Gasteiger partial charge in [-0.1, -0.05) is 273 Å². The quantitative estimate of drug-likeness (QED) is 0.0145. The number of hydrogen-bond acceptors (Lipinski definition) is 16. The van der Waals surface area contributed by atoms with Crippen molar-refractivity contribution in [2.45, 2.75) is 424 Å². The van der Waals surface area contributed by atoms with Gasteiger partial charge in [-0.25, -0.2) is 4.79 Å². The minimum Gasteiger partial charge on any atom is -0.480 e. The number of amides is 2. The lowest BCUT2D eigenvalue weighted by atomic mass is 9.98. The van der Waals surface area contributed by atoms with E-state index < -0.39 is 110 Å². The molecule has 1 aliphatic heterocycles. The van der Waals surface area contributed by atoms with E-state index in [1.807, 2.05) is 0 Å². The van der Waals surface area contributed by atoms with Crippen LogP contribution in [-0.4, -0.2) is 120 Å². The molecule has 0 saturated carbocycles. The zero-order valence-corrected chi connectivity index (χ0v) is 60.8. The van der Waals surface area contributed by atoms with Crippen LogP contribution < -0.4 is 10.6 Å². The predicted molar refractivity (Wildman–Crippen MR) is 373 cm³/mol. The molecule has 0 aromatic carbocycles. The lowest BCUT2D eigenvalue weighted by molar-refractivity contribution is -0.335. The summed E-state index contributed by atoms with van der Waals surface area (Å²) in [6.07, 6.45) is 35.1. The second-order valence-corrected chi connectivity index (χ2v) is 27.1. The molecule has 0 aromatic heterocycles. The van der Waals surface area contributed by atoms with Crippen molar-refractivity contribution in [3.8, 4) is 0 Å². The lowest BCUT2D eigenvalue weighted by Gasteiger charge is -2.46. The van der Waals surface area contributed by atoms with Crippen molar-refractivity contribution in [1.82, 2.24) is 10.6 Å². The maximum absolute atomic E-state index is 14.7. The largest absolute Gasteiger partial charge is 0.480 e. The number of ether oxygens (including phenoxy) is 7. The molecule has 95 heavy (non-hydrogen) atoms. The molecule has 1 rings (SSSR count). The average molecular weight is 1350 g/mol. The number of aliphatic carboxylic acids is 1. The number of hydrogen-bond donors (Lipinski definition) is 4. The molecule has 1 heterocycles. The highest BCUT2D eigenvalue weighted by Gasteiger charge is 2.53. The van der Waals surface area contributed by atoms with Gasteiger partial charge in [0.1, 0.15) is 30.5 Å². The van der Waals surface area contributed by atoms with Crippen LogP contribution in [0, 0.1) is 0 Å². The summed E-state index contributed by atoms with van der Waals surface area (Å²) in [5, 5.41) is 27.0. The first-order chi connectivity index (χ1) is 46.1. The number of carbonyl (C=O) groups excluding carboxylic acids is 7. The maximum atomic E-state index is 14.7. The summed E-state index contributed by atoms with van der Waals surface area (Å²) >= 11 is 0. The smallest absolute Gasteiger partial charge is 0.328 e. The summed E-state index contributed by atoms with van der Waals surface area (Å²) in [7, 11) is 0. The fourth-order valence-corrected chi connectivity index (χ4v) is 12.4. The summed E-state index contributed by atoms with van der Waals surface area (Å²) in [6, 6.07) is -1.79. The van der Waals surface area contributed by atoms with Crippen LogP contribution >= 0.6 is 0 Å². The topological polar surface area (TPSA) is 266 Å². The summed E-state index contributed by atoms with van der Waals surface area (Å²) in [6.45, 7) is 11.3. The molecule has 1 fully saturated rings. The molecule has 2 amide bonds. The van der Waals surface area contributed by atoms with Crippen LogP contribution in [0.2, 0.25) is 0 Å². The van der Waals surface area contributed by atoms with E-state index >= 15 is 0 Å². The normalized spacial score (nSPS) is 17.4. The molecule has 8 unspecified atom stereocenters. The van der Waals surface area contributed by atoms with Gasteiger partial charge in [0.2, 0.25) is 11.8 Å². The average Bonchev–Trinajstić information content (AvgIpc) is 0.781. The van der Waals surface area contributed by atoms with Gasteiger partial charge in [0.15, 0.2) is 12.1 Å². The minimum absolute atomic E-state index is 0.109. The highest BCUT2D eigenvalue weighted by atomic mass is 16.7. The number of rotatable bonds is 67. The second-order valence-electron chi connectivity index (χ2n) is 27.1. The number of carboxylic acid groups (broad SMARTS) is 1. The molecule has 4 N–H and O–H groups in total. The molecule has 19 heteroatoms. The van der Waals surface area contributed by atoms with Gasteiger partial charge in [0, 0.05) is 19.3 Å². The third kappa shape index (κ3) is 48.1. The Balaban J connectivity index is 3.74. The monoisotopic (exact) mass is 1350 g/mol. The molecule has 0 bridgehead atoms. The van der Waals surface area contributed by atoms with Gasteiger partial charge >= 0.3 is 29.8 Å². The molecule has 0 aliphatic carbocycles. The number of nitrogens with one attached hydrogen (secondary N) is 2. The van der Waals surface area contributed by atoms with E-state index in [0.717, 1.165) is 161 Å². The maximum Gasteiger partial charge on any atom is 0.328 e. The van der Waals surface area contributed by atoms with E-state index in [4.69, 9.17) is 33.2 Å². The van der Waals surface area contributed by atoms with E-state index in [-0.39, 0.29) is 45.0 Å². The van der Waals surface area contributed by atoms with Crippen LogP contribution in [-0.2, 0) is 71.5 Å². The fraction of sp³-hybridized carbons (Fsp3) is 0.895. The summed E-state index contributed by atoms with van der Waals surface area (Å²) in [5.74, 6) is -7.61. The Hall–Kier alpha value is -4.36. The highest BCUT2D eigenvalue weighted by molar-refractivity contribution is 5.84. The SMILES string of the molecule is CCCCCCCCCCCC(CC(=O)NC(COC1(NC(=O)CC(CCCCCCCCCCC)OC(=O)CCCCCCC)CC(OC(=O)CC(CCCCCCCCCCC)OC(=O)CCCCCCC)C(OC=O)C(CO)O1)C(=O)O)OC(=O)CCCCCCC. The van der Waals surface area contributed by atoms with Crippen molar-refractivity contribution in [2.24, 2.45) is 0 Å². The number of unbranched alkanes of at least 4 members (excludes halogenated alkanes) is 36. The molecule has 0 spiro atoms. The van der Waals surface area contributed by atoms with Crippen molar-refractivity contribution in [2.75, 3.05) is 13.2 Å². The Morgan fingerprint density at radius 1 is 0.453 bits per heavy atom. The van der Waals surface area contributed by atoms with Gasteiger partial charge in [-0.3, -0.25) is 33.6 Å². The molecular formula is C76H138N2O17. The Bertz CT molecular complexity index is 1960. The highest BCUT2D eigenvalue weighted by Crippen LogP contribution is 2.34. The Morgan fingerprint density at radius 3 is 1.12 bits per heavy atom. The van der Waals surface area contributed by atoms with E-state index in [1.54, 1.807) is 0 Å². The first kappa shape index (κ1) is 88.7. The van der Waals surface area contributed by atoms with Crippen molar-refractivity contribution in [3.63, 3.8) is 0 Å². The number of carbonyl (C=O) groups is 8. The van der Waals surface area contributed by atoms with Crippen molar-refractivity contribution >= 4 is 48.1 Å². The van der Waals surface area contributed by atoms with Gasteiger partial charge in [-0.05, 0) is 57.8 Å². The van der Waals surface area contributed by atoms with E-state index in [0.29, 0.717) is 57.8 Å². The first-order valence-electron chi connectivity index (χ1n) is 38.8. The molecular weight excluding hydrogens is 1210 g/mol. The Labute approximate surface area is 575 Å². The van der Waals surface area contributed by atoms with Crippen LogP contribution in [0.5, 0.6) is 0 Å². The predicted octanol–water partition coefficient (Wildman–Crippen LogP) is 17.3. The molecule has 1 saturated heterocycles. The van der Waals surface area contributed by atoms with Gasteiger partial charge in [0.05, 0.1) is 38.9 Å². The molecule has 554 valence electrons. The summed E-state index contributed by atoms with van der Waals surface area (Å²) in [5.41, 5.74) is 0. The van der Waals surface area contributed by atoms with Gasteiger partial charge in [0.25, 0.3) is 12.4 Å². The number of esters is 4. The van der Waals surface area contributed by atoms with Crippen molar-refractivity contribution in [3.05, 3.63) is 0 Å². The molecule has 8 atom stereocenters. The van der Waals surface area contributed by atoms with Crippen LogP contribution in [0.3, 0.4) is 0 Å². The minimum atomic E-state index is -2.44. The third-order valence-electron chi connectivity index (χ3n) is 18.1. The number of carboxylic acids is 1. The van der Waals surface area contributed by atoms with Gasteiger partial charge < -0.3 is 54.0 Å². The Kier molecular flexibility index (Phi) is 56.7. The van der Waals surface area contributed by atoms with Gasteiger partial charge in [-0.15, -0.1) is 0 Å². The van der Waals surface area contributed by atoms with E-state index in [9.17, 15) is 48.6 Å². The van der Waals surface area contributed by atoms with Gasteiger partial charge in [-0.2, -0.15) is 0 Å². The van der Waals surface area contributed by atoms with E-state index in [1.165, 1.54) is 70.6 Å². The van der Waals surface area contributed by atoms with Crippen LogP contribution in [0.1, 0.15) is 375 Å². The number of aliphatic hydroxyl groups excluding tert-OH is 1. The van der Waals surface area contributed by atoms with Crippen LogP contribution in [0.25, 0.3) is 0 Å². The van der Waals surface area contributed by atoms with Crippen molar-refractivity contribution < 1.29 is 81.7 Å². The summed E-state index contributed by atoms with van der Waals surface area (Å²) < 4.78 is 42.3. The lowest BCUT2D eigenvalue weighted by Crippen LogP contribution is -2.66. The van der Waals surface area contributed by atoms with Crippen LogP contribution in [0.4, 0.5) is 0 Å². The standard InChI is InChI=1S/C76H138N2O17/c1-7-13-19-25-28-31-34-40-43-49-62(91-70(83)52-46-37-22-16-10-4)55-68(81)77-65(75(87)88)60-90-76(78-69(82)56-63(92-71(84)53-47-38-23-17-11-5)50-44-41-35-32-29-26-20-14-8-2)58-66(74(89-61-80)67(59-79)95-76)94-73(86)57-64(93-72(85)54-48-39-24-18-12-6)51-45-42-36-33-30-27-21-15-9-3/h61-67,74,79H,7-60H2,1-6H3,(H,77,81)(H,78,82)(H,87,88).